The molecule has 0 unspecified atom stereocenters. The van der Waals surface area contributed by atoms with E-state index in [-0.39, 0.29) is 4.90 Å². The molecule has 0 fully saturated rings. The normalized spacial score (nSPS) is 10.9. The molecule has 1 aromatic rings. The highest BCUT2D eigenvalue weighted by Gasteiger charge is 2.07. The summed E-state index contributed by atoms with van der Waals surface area (Å²) < 4.78 is 22.1. The summed E-state index contributed by atoms with van der Waals surface area (Å²) in [7, 11) is -3.62. The number of hydrogen-bond donors (Lipinski definition) is 2. The van der Waals surface area contributed by atoms with Gasteiger partial charge < -0.3 is 5.32 Å². The predicted molar refractivity (Wildman–Crippen MR) is 58.4 cm³/mol. The molecular weight excluding hydrogens is 212 g/mol. The van der Waals surface area contributed by atoms with E-state index in [0.717, 1.165) is 5.56 Å². The number of nitrogens with two attached hydrogens (primary N) is 1. The van der Waals surface area contributed by atoms with Gasteiger partial charge in [0, 0.05) is 6.54 Å². The lowest BCUT2D eigenvalue weighted by Gasteiger charge is -2.03. The van der Waals surface area contributed by atoms with Gasteiger partial charge in [0.25, 0.3) is 0 Å². The van der Waals surface area contributed by atoms with Crippen molar-refractivity contribution in [2.24, 2.45) is 5.14 Å². The number of hydrogen-bond acceptors (Lipinski definition) is 3. The fraction of sp³-hybridized carbons (Fsp3) is 0.200. The molecule has 4 nitrogen and oxygen atoms in total. The lowest BCUT2D eigenvalue weighted by Crippen LogP contribution is -2.15. The van der Waals surface area contributed by atoms with Gasteiger partial charge in [-0.25, -0.2) is 13.6 Å². The first kappa shape index (κ1) is 11.7. The molecule has 3 N–H and O–H groups in total. The van der Waals surface area contributed by atoms with Crippen LogP contribution in [0.5, 0.6) is 0 Å². The quantitative estimate of drug-likeness (QED) is 0.561. The number of rotatable bonds is 4. The lowest BCUT2D eigenvalue weighted by atomic mass is 10.2. The molecule has 0 aliphatic carbocycles. The highest BCUT2D eigenvalue weighted by Crippen LogP contribution is 2.09. The Kier molecular flexibility index (Phi) is 3.86. The molecular formula is C10H12N2O2S. The van der Waals surface area contributed by atoms with Gasteiger partial charge >= 0.3 is 0 Å². The van der Waals surface area contributed by atoms with E-state index in [9.17, 15) is 8.42 Å². The third-order valence-electron chi connectivity index (χ3n) is 1.78. The van der Waals surface area contributed by atoms with E-state index >= 15 is 0 Å². The summed E-state index contributed by atoms with van der Waals surface area (Å²) in [6, 6.07) is 6.43. The molecule has 0 aromatic heterocycles. The smallest absolute Gasteiger partial charge is 0.238 e. The van der Waals surface area contributed by atoms with Crippen LogP contribution in [0.15, 0.2) is 29.2 Å². The first-order valence-electron chi connectivity index (χ1n) is 4.30. The van der Waals surface area contributed by atoms with Crippen molar-refractivity contribution in [2.75, 3.05) is 6.54 Å². The number of terminal acetylenes is 1. The molecule has 0 aliphatic heterocycles. The second-order valence-corrected chi connectivity index (χ2v) is 4.56. The molecule has 0 saturated carbocycles. The molecule has 0 spiro atoms. The summed E-state index contributed by atoms with van der Waals surface area (Å²) in [5.74, 6) is 2.43. The van der Waals surface area contributed by atoms with Crippen molar-refractivity contribution in [3.8, 4) is 12.3 Å². The molecule has 0 aliphatic rings. The van der Waals surface area contributed by atoms with Crippen LogP contribution in [0.3, 0.4) is 0 Å². The summed E-state index contributed by atoms with van der Waals surface area (Å²) in [6.45, 7) is 0.965. The van der Waals surface area contributed by atoms with Crippen LogP contribution >= 0.6 is 0 Å². The van der Waals surface area contributed by atoms with Crippen molar-refractivity contribution in [2.45, 2.75) is 11.4 Å². The van der Waals surface area contributed by atoms with E-state index in [1.54, 1.807) is 12.1 Å². The van der Waals surface area contributed by atoms with Crippen LogP contribution in [-0.2, 0) is 16.6 Å². The Morgan fingerprint density at radius 2 is 2.20 bits per heavy atom. The zero-order valence-corrected chi connectivity index (χ0v) is 8.92. The van der Waals surface area contributed by atoms with E-state index < -0.39 is 10.0 Å². The SMILES string of the molecule is C#CCNCc1cccc(S(N)(=O)=O)c1. The van der Waals surface area contributed by atoms with Gasteiger partial charge in [0.2, 0.25) is 10.0 Å². The van der Waals surface area contributed by atoms with Crippen molar-refractivity contribution in [1.29, 1.82) is 0 Å². The molecule has 1 aromatic carbocycles. The molecule has 5 heteroatoms. The number of nitrogens with one attached hydrogen (secondary N) is 1. The van der Waals surface area contributed by atoms with E-state index in [4.69, 9.17) is 11.6 Å². The van der Waals surface area contributed by atoms with E-state index in [1.165, 1.54) is 12.1 Å². The molecule has 0 radical (unpaired) electrons. The van der Waals surface area contributed by atoms with Gasteiger partial charge in [-0.1, -0.05) is 18.1 Å². The monoisotopic (exact) mass is 224 g/mol. The van der Waals surface area contributed by atoms with E-state index in [2.05, 4.69) is 11.2 Å². The maximum atomic E-state index is 11.0. The van der Waals surface area contributed by atoms with Crippen molar-refractivity contribution < 1.29 is 8.42 Å². The average Bonchev–Trinajstić information content (AvgIpc) is 2.17. The average molecular weight is 224 g/mol. The lowest BCUT2D eigenvalue weighted by molar-refractivity contribution is 0.597. The van der Waals surface area contributed by atoms with Crippen LogP contribution in [0.2, 0.25) is 0 Å². The molecule has 0 heterocycles. The minimum atomic E-state index is -3.62. The van der Waals surface area contributed by atoms with Crippen molar-refractivity contribution in [1.82, 2.24) is 5.32 Å². The summed E-state index contributed by atoms with van der Waals surface area (Å²) in [6.07, 6.45) is 5.06. The van der Waals surface area contributed by atoms with Crippen LogP contribution in [0.4, 0.5) is 0 Å². The minimum absolute atomic E-state index is 0.113. The molecule has 0 amide bonds. The first-order chi connectivity index (χ1) is 7.04. The van der Waals surface area contributed by atoms with Gasteiger partial charge in [0.15, 0.2) is 0 Å². The minimum Gasteiger partial charge on any atom is -0.302 e. The third-order valence-corrected chi connectivity index (χ3v) is 2.69. The van der Waals surface area contributed by atoms with Crippen molar-refractivity contribution >= 4 is 10.0 Å². The Morgan fingerprint density at radius 1 is 1.47 bits per heavy atom. The zero-order valence-electron chi connectivity index (χ0n) is 8.10. The van der Waals surface area contributed by atoms with Crippen LogP contribution in [-0.4, -0.2) is 15.0 Å². The molecule has 0 bridgehead atoms. The summed E-state index contributed by atoms with van der Waals surface area (Å²) >= 11 is 0. The van der Waals surface area contributed by atoms with Crippen molar-refractivity contribution in [3.63, 3.8) is 0 Å². The summed E-state index contributed by atoms with van der Waals surface area (Å²) in [5, 5.41) is 7.96. The fourth-order valence-electron chi connectivity index (χ4n) is 1.11. The van der Waals surface area contributed by atoms with Crippen LogP contribution in [0.1, 0.15) is 5.56 Å². The van der Waals surface area contributed by atoms with Crippen LogP contribution in [0.25, 0.3) is 0 Å². The van der Waals surface area contributed by atoms with Crippen LogP contribution in [0, 0.1) is 12.3 Å². The van der Waals surface area contributed by atoms with Crippen LogP contribution < -0.4 is 10.5 Å². The molecule has 0 saturated heterocycles. The predicted octanol–water partition coefficient (Wildman–Crippen LogP) is 0.0568. The standard InChI is InChI=1S/C10H12N2O2S/c1-2-6-12-8-9-4-3-5-10(7-9)15(11,13)14/h1,3-5,7,12H,6,8H2,(H2,11,13,14). The Morgan fingerprint density at radius 3 is 2.80 bits per heavy atom. The topological polar surface area (TPSA) is 72.2 Å². The van der Waals surface area contributed by atoms with Gasteiger partial charge in [-0.3, -0.25) is 0 Å². The first-order valence-corrected chi connectivity index (χ1v) is 5.84. The second-order valence-electron chi connectivity index (χ2n) is 3.00. The third kappa shape index (κ3) is 3.72. The fourth-order valence-corrected chi connectivity index (χ4v) is 1.70. The van der Waals surface area contributed by atoms with Gasteiger partial charge in [-0.15, -0.1) is 6.42 Å². The number of primary sulfonamides is 1. The maximum Gasteiger partial charge on any atom is 0.238 e. The molecule has 1 rings (SSSR count). The van der Waals surface area contributed by atoms with Gasteiger partial charge in [-0.05, 0) is 17.7 Å². The van der Waals surface area contributed by atoms with E-state index in [0.29, 0.717) is 13.1 Å². The second kappa shape index (κ2) is 4.94. The number of benzene rings is 1. The summed E-state index contributed by atoms with van der Waals surface area (Å²) in [5.41, 5.74) is 0.830. The molecule has 80 valence electrons. The highest BCUT2D eigenvalue weighted by molar-refractivity contribution is 7.89. The largest absolute Gasteiger partial charge is 0.302 e. The van der Waals surface area contributed by atoms with Gasteiger partial charge in [-0.2, -0.15) is 0 Å². The van der Waals surface area contributed by atoms with Crippen molar-refractivity contribution in [3.05, 3.63) is 29.8 Å². The summed E-state index contributed by atoms with van der Waals surface area (Å²) in [4.78, 5) is 0.113. The Balaban J connectivity index is 2.81. The zero-order chi connectivity index (χ0) is 11.3. The van der Waals surface area contributed by atoms with Gasteiger partial charge in [0.1, 0.15) is 0 Å². The Bertz CT molecular complexity index is 474. The maximum absolute atomic E-state index is 11.0. The molecule has 0 atom stereocenters. The highest BCUT2D eigenvalue weighted by atomic mass is 32.2. The molecule has 15 heavy (non-hydrogen) atoms. The Labute approximate surface area is 89.5 Å². The number of sulfonamides is 1. The Hall–Kier alpha value is -1.35. The van der Waals surface area contributed by atoms with Gasteiger partial charge in [0.05, 0.1) is 11.4 Å². The van der Waals surface area contributed by atoms with E-state index in [1.807, 2.05) is 0 Å².